The molecule has 0 bridgehead atoms. The van der Waals surface area contributed by atoms with E-state index in [1.807, 2.05) is 13.8 Å². The summed E-state index contributed by atoms with van der Waals surface area (Å²) in [5.74, 6) is 0. The fraction of sp³-hybridized carbons (Fsp3) is 0.323. The summed E-state index contributed by atoms with van der Waals surface area (Å²) < 4.78 is 0. The molecule has 37 heavy (non-hydrogen) atoms. The Morgan fingerprint density at radius 2 is 1.49 bits per heavy atom. The number of fused-ring (bicyclic) bond motifs is 1. The Morgan fingerprint density at radius 3 is 2.11 bits per heavy atom. The second kappa shape index (κ2) is 15.2. The second-order valence-electron chi connectivity index (χ2n) is 8.82. The van der Waals surface area contributed by atoms with Crippen molar-refractivity contribution in [3.8, 4) is 0 Å². The summed E-state index contributed by atoms with van der Waals surface area (Å²) in [6.07, 6.45) is 4.45. The van der Waals surface area contributed by atoms with Crippen molar-refractivity contribution in [3.05, 3.63) is 94.0 Å². The zero-order chi connectivity index (χ0) is 27.5. The molecule has 2 aromatic carbocycles. The van der Waals surface area contributed by atoms with Crippen molar-refractivity contribution < 1.29 is 13.1 Å². The van der Waals surface area contributed by atoms with E-state index in [0.29, 0.717) is 0 Å². The second-order valence-corrected chi connectivity index (χ2v) is 10.6. The molecule has 0 unspecified atom stereocenters. The first-order valence-electron chi connectivity index (χ1n) is 12.6. The Bertz CT molecular complexity index is 1330. The van der Waals surface area contributed by atoms with E-state index < -0.39 is 0 Å². The van der Waals surface area contributed by atoms with Gasteiger partial charge in [0.1, 0.15) is 0 Å². The van der Waals surface area contributed by atoms with Gasteiger partial charge in [0, 0.05) is 5.39 Å². The van der Waals surface area contributed by atoms with Crippen molar-refractivity contribution in [2.45, 2.75) is 68.2 Å². The van der Waals surface area contributed by atoms with Gasteiger partial charge in [-0.2, -0.15) is 0 Å². The molecule has 0 radical (unpaired) electrons. The minimum absolute atomic E-state index is 0.194. The zero-order valence-corrected chi connectivity index (χ0v) is 25.7. The molecule has 0 saturated heterocycles. The molecule has 0 N–H and O–H groups in total. The molecule has 198 valence electrons. The Hall–Kier alpha value is -2.23. The van der Waals surface area contributed by atoms with Crippen LogP contribution in [0.3, 0.4) is 0 Å². The first kappa shape index (κ1) is 31.0. The van der Waals surface area contributed by atoms with Crippen LogP contribution in [-0.2, 0) is 13.1 Å². The van der Waals surface area contributed by atoms with Crippen LogP contribution in [0.5, 0.6) is 0 Å². The Morgan fingerprint density at radius 1 is 0.865 bits per heavy atom. The summed E-state index contributed by atoms with van der Waals surface area (Å²) in [6, 6.07) is 16.8. The fourth-order valence-electron chi connectivity index (χ4n) is 4.33. The summed E-state index contributed by atoms with van der Waals surface area (Å²) >= 11 is 0.194. The standard InChI is InChI=1S/C29H31N3.C2H6.2ClH.Fe/c1-18-11-9-12-19(2)27(18)30-22(5)26-17-24-15-7-8-16-25(24)29(32-26)23(6)31-28-20(3)13-10-14-21(28)4;1-2;;;/h7-8,10-11,13-17H,9,12H2,1-6H3;1-2H3;2*1H;/q;;;;+2/p-2. The van der Waals surface area contributed by atoms with Gasteiger partial charge < -0.3 is 0 Å². The summed E-state index contributed by atoms with van der Waals surface area (Å²) in [5.41, 5.74) is 10.7. The third-order valence-electron chi connectivity index (χ3n) is 6.20. The van der Waals surface area contributed by atoms with Crippen molar-refractivity contribution in [1.29, 1.82) is 0 Å². The van der Waals surface area contributed by atoms with Gasteiger partial charge in [-0.15, -0.1) is 0 Å². The monoisotopic (exact) mass is 577 g/mol. The number of halogens is 2. The summed E-state index contributed by atoms with van der Waals surface area (Å²) in [4.78, 5) is 15.1. The number of para-hydroxylation sites is 1. The first-order valence-corrected chi connectivity index (χ1v) is 15.6. The molecule has 3 aromatic rings. The number of pyridine rings is 1. The number of aliphatic imine (C=N–C) groups is 2. The van der Waals surface area contributed by atoms with Crippen molar-refractivity contribution in [3.63, 3.8) is 0 Å². The van der Waals surface area contributed by atoms with Crippen molar-refractivity contribution in [2.24, 2.45) is 9.98 Å². The van der Waals surface area contributed by atoms with Gasteiger partial charge >= 0.3 is 33.3 Å². The van der Waals surface area contributed by atoms with E-state index in [1.165, 1.54) is 22.3 Å². The molecule has 0 fully saturated rings. The van der Waals surface area contributed by atoms with E-state index in [1.54, 1.807) is 0 Å². The van der Waals surface area contributed by atoms with Gasteiger partial charge in [-0.1, -0.05) is 62.4 Å². The molecule has 0 atom stereocenters. The van der Waals surface area contributed by atoms with Gasteiger partial charge in [0.2, 0.25) is 0 Å². The third kappa shape index (κ3) is 8.12. The van der Waals surface area contributed by atoms with Gasteiger partial charge in [0.05, 0.1) is 34.2 Å². The van der Waals surface area contributed by atoms with Crippen LogP contribution >= 0.6 is 20.2 Å². The molecule has 4 rings (SSSR count). The number of allylic oxidation sites excluding steroid dienone is 3. The van der Waals surface area contributed by atoms with E-state index in [-0.39, 0.29) is 13.1 Å². The number of nitrogens with zero attached hydrogens (tertiary/aromatic N) is 3. The van der Waals surface area contributed by atoms with E-state index in [2.05, 4.69) is 96.1 Å². The molecular weight excluding hydrogens is 541 g/mol. The molecule has 6 heteroatoms. The predicted octanol–water partition coefficient (Wildman–Crippen LogP) is 10.2. The van der Waals surface area contributed by atoms with Gasteiger partial charge in [-0.3, -0.25) is 9.98 Å². The first-order chi connectivity index (χ1) is 17.8. The molecule has 0 saturated carbocycles. The molecule has 0 aliphatic heterocycles. The minimum atomic E-state index is 0.194. The van der Waals surface area contributed by atoms with Crippen LogP contribution in [0.4, 0.5) is 5.69 Å². The predicted molar refractivity (Wildman–Crippen MR) is 160 cm³/mol. The van der Waals surface area contributed by atoms with Crippen LogP contribution < -0.4 is 0 Å². The number of hydrogen-bond donors (Lipinski definition) is 0. The molecule has 1 aromatic heterocycles. The van der Waals surface area contributed by atoms with Crippen LogP contribution in [0.1, 0.15) is 76.9 Å². The van der Waals surface area contributed by atoms with Crippen LogP contribution in [0.15, 0.2) is 81.4 Å². The van der Waals surface area contributed by atoms with Crippen LogP contribution in [0.25, 0.3) is 10.8 Å². The maximum atomic E-state index is 5.07. The molecule has 1 heterocycles. The number of hydrogen-bond acceptors (Lipinski definition) is 3. The van der Waals surface area contributed by atoms with Crippen LogP contribution in [0.2, 0.25) is 0 Å². The quantitative estimate of drug-likeness (QED) is 0.224. The third-order valence-corrected chi connectivity index (χ3v) is 6.20. The van der Waals surface area contributed by atoms with E-state index >= 15 is 0 Å². The SMILES string of the molecule is CC.CC1=CCCC(C)=C1N=C(C)c1cc2ccccc2c(C(C)=Nc2c(C)cccc2C)n1.[Cl][Fe][Cl]. The topological polar surface area (TPSA) is 37.6 Å². The van der Waals surface area contributed by atoms with Crippen molar-refractivity contribution in [1.82, 2.24) is 4.98 Å². The Labute approximate surface area is 237 Å². The molecule has 1 aliphatic rings. The average Bonchev–Trinajstić information content (AvgIpc) is 2.89. The van der Waals surface area contributed by atoms with Crippen molar-refractivity contribution >= 4 is 48.1 Å². The van der Waals surface area contributed by atoms with Gasteiger partial charge in [0.15, 0.2) is 0 Å². The number of aryl methyl sites for hydroxylation is 2. The van der Waals surface area contributed by atoms with E-state index in [0.717, 1.165) is 57.8 Å². The van der Waals surface area contributed by atoms with Gasteiger partial charge in [-0.05, 0) is 88.1 Å². The number of benzene rings is 2. The molecule has 0 amide bonds. The van der Waals surface area contributed by atoms with Crippen molar-refractivity contribution in [2.75, 3.05) is 0 Å². The molecule has 1 aliphatic carbocycles. The van der Waals surface area contributed by atoms with Crippen LogP contribution in [0, 0.1) is 13.8 Å². The normalized spacial score (nSPS) is 14.1. The molecular formula is C31H37Cl2FeN3. The Balaban J connectivity index is 0.000000898. The zero-order valence-electron chi connectivity index (χ0n) is 23.1. The Kier molecular flexibility index (Phi) is 12.8. The van der Waals surface area contributed by atoms with Gasteiger partial charge in [0.25, 0.3) is 0 Å². The average molecular weight is 578 g/mol. The fourth-order valence-corrected chi connectivity index (χ4v) is 4.33. The van der Waals surface area contributed by atoms with Gasteiger partial charge in [-0.25, -0.2) is 4.98 Å². The molecule has 3 nitrogen and oxygen atoms in total. The summed E-state index contributed by atoms with van der Waals surface area (Å²) in [6.45, 7) is 16.7. The van der Waals surface area contributed by atoms with E-state index in [9.17, 15) is 0 Å². The summed E-state index contributed by atoms with van der Waals surface area (Å²) in [7, 11) is 9.53. The van der Waals surface area contributed by atoms with Crippen LogP contribution in [-0.4, -0.2) is 16.4 Å². The number of aromatic nitrogens is 1. The molecule has 0 spiro atoms. The maximum absolute atomic E-state index is 5.07. The van der Waals surface area contributed by atoms with E-state index in [4.69, 9.17) is 35.2 Å². The number of rotatable bonds is 4. The summed E-state index contributed by atoms with van der Waals surface area (Å²) in [5, 5.41) is 2.26.